The third kappa shape index (κ3) is 3.75. The fraction of sp³-hybridized carbons (Fsp3) is 0.375. The number of halogens is 3. The van der Waals surface area contributed by atoms with Gasteiger partial charge in [-0.05, 0) is 12.1 Å². The second-order valence-electron chi connectivity index (χ2n) is 5.71. The predicted octanol–water partition coefficient (Wildman–Crippen LogP) is 1.76. The fourth-order valence-electron chi connectivity index (χ4n) is 2.78. The van der Waals surface area contributed by atoms with Crippen LogP contribution in [-0.2, 0) is 6.54 Å². The lowest BCUT2D eigenvalue weighted by molar-refractivity contribution is 0.119. The van der Waals surface area contributed by atoms with E-state index in [0.717, 1.165) is 5.69 Å². The Morgan fingerprint density at radius 1 is 1.19 bits per heavy atom. The summed E-state index contributed by atoms with van der Waals surface area (Å²) in [5.74, 6) is 0. The first-order valence-electron chi connectivity index (χ1n) is 7.89. The molecule has 7 nitrogen and oxygen atoms in total. The van der Waals surface area contributed by atoms with Gasteiger partial charge in [0.2, 0.25) is 0 Å². The maximum atomic E-state index is 12.5. The Morgan fingerprint density at radius 2 is 1.88 bits per heavy atom. The van der Waals surface area contributed by atoms with Gasteiger partial charge < -0.3 is 9.80 Å². The minimum atomic E-state index is -2.67. The quantitative estimate of drug-likeness (QED) is 0.804. The van der Waals surface area contributed by atoms with Gasteiger partial charge in [-0.25, -0.2) is 18.4 Å². The number of hydrogen-bond acceptors (Lipinski definition) is 6. The molecule has 1 saturated heterocycles. The number of rotatable bonds is 4. The zero-order chi connectivity index (χ0) is 18.7. The van der Waals surface area contributed by atoms with Crippen molar-refractivity contribution in [1.82, 2.24) is 14.8 Å². The highest BCUT2D eigenvalue weighted by Crippen LogP contribution is 2.24. The summed E-state index contributed by atoms with van der Waals surface area (Å²) in [7, 11) is 0. The SMILES string of the molecule is N#Cc1ccc(N2CCN(c3cnn(CC(F)F)c(=O)c3Cl)CC2)cn1. The monoisotopic (exact) mass is 380 g/mol. The molecule has 136 valence electrons. The van der Waals surface area contributed by atoms with E-state index in [2.05, 4.69) is 15.0 Å². The van der Waals surface area contributed by atoms with Crippen molar-refractivity contribution in [2.75, 3.05) is 36.0 Å². The highest BCUT2D eigenvalue weighted by molar-refractivity contribution is 6.33. The zero-order valence-electron chi connectivity index (χ0n) is 13.6. The summed E-state index contributed by atoms with van der Waals surface area (Å²) in [5, 5.41) is 12.5. The summed E-state index contributed by atoms with van der Waals surface area (Å²) >= 11 is 6.09. The number of nitriles is 1. The van der Waals surface area contributed by atoms with Crippen molar-refractivity contribution in [3.05, 3.63) is 45.6 Å². The van der Waals surface area contributed by atoms with Crippen LogP contribution in [0.3, 0.4) is 0 Å². The molecule has 3 rings (SSSR count). The zero-order valence-corrected chi connectivity index (χ0v) is 14.4. The second-order valence-corrected chi connectivity index (χ2v) is 6.09. The molecular formula is C16H15ClF2N6O. The molecule has 3 heterocycles. The molecule has 1 fully saturated rings. The first-order valence-corrected chi connectivity index (χ1v) is 8.27. The van der Waals surface area contributed by atoms with Crippen LogP contribution in [0.4, 0.5) is 20.2 Å². The van der Waals surface area contributed by atoms with E-state index in [1.807, 2.05) is 17.0 Å². The molecule has 2 aromatic heterocycles. The Hall–Kier alpha value is -2.73. The summed E-state index contributed by atoms with van der Waals surface area (Å²) in [6.07, 6.45) is 0.325. The molecule has 0 bridgehead atoms. The Morgan fingerprint density at radius 3 is 2.46 bits per heavy atom. The van der Waals surface area contributed by atoms with Crippen LogP contribution in [0.2, 0.25) is 5.02 Å². The third-order valence-corrected chi connectivity index (χ3v) is 4.48. The number of hydrogen-bond donors (Lipinski definition) is 0. The van der Waals surface area contributed by atoms with Crippen LogP contribution in [0.1, 0.15) is 5.69 Å². The van der Waals surface area contributed by atoms with Crippen molar-refractivity contribution in [1.29, 1.82) is 5.26 Å². The molecule has 10 heteroatoms. The van der Waals surface area contributed by atoms with Crippen LogP contribution in [-0.4, -0.2) is 47.4 Å². The third-order valence-electron chi connectivity index (χ3n) is 4.13. The lowest BCUT2D eigenvalue weighted by atomic mass is 10.2. The molecule has 1 aliphatic heterocycles. The van der Waals surface area contributed by atoms with E-state index < -0.39 is 18.5 Å². The lowest BCUT2D eigenvalue weighted by Crippen LogP contribution is -2.47. The van der Waals surface area contributed by atoms with Gasteiger partial charge in [-0.15, -0.1) is 0 Å². The van der Waals surface area contributed by atoms with E-state index in [1.54, 1.807) is 12.3 Å². The molecular weight excluding hydrogens is 366 g/mol. The van der Waals surface area contributed by atoms with Crippen molar-refractivity contribution in [3.63, 3.8) is 0 Å². The van der Waals surface area contributed by atoms with Gasteiger partial charge in [0, 0.05) is 26.2 Å². The number of nitrogens with zero attached hydrogens (tertiary/aromatic N) is 6. The Kier molecular flexibility index (Phi) is 5.32. The second kappa shape index (κ2) is 7.66. The van der Waals surface area contributed by atoms with Gasteiger partial charge in [0.25, 0.3) is 12.0 Å². The van der Waals surface area contributed by atoms with E-state index in [1.165, 1.54) is 6.20 Å². The maximum Gasteiger partial charge on any atom is 0.287 e. The van der Waals surface area contributed by atoms with Gasteiger partial charge in [-0.2, -0.15) is 10.4 Å². The molecule has 0 amide bonds. The Labute approximate surface area is 153 Å². The van der Waals surface area contributed by atoms with Crippen LogP contribution >= 0.6 is 11.6 Å². The summed E-state index contributed by atoms with van der Waals surface area (Å²) in [6, 6.07) is 5.47. The standard InChI is InChI=1S/C16H15ClF2N6O/c17-15-13(9-22-25(16(15)26)10-14(18)19)24-5-3-23(4-6-24)12-2-1-11(7-20)21-8-12/h1-2,8-9,14H,3-6,10H2. The molecule has 0 unspecified atom stereocenters. The average molecular weight is 381 g/mol. The van der Waals surface area contributed by atoms with Crippen molar-refractivity contribution < 1.29 is 8.78 Å². The first-order chi connectivity index (χ1) is 12.5. The van der Waals surface area contributed by atoms with E-state index in [9.17, 15) is 13.6 Å². The van der Waals surface area contributed by atoms with Crippen molar-refractivity contribution >= 4 is 23.0 Å². The topological polar surface area (TPSA) is 78.0 Å². The van der Waals surface area contributed by atoms with Crippen molar-refractivity contribution in [3.8, 4) is 6.07 Å². The normalized spacial score (nSPS) is 14.6. The largest absolute Gasteiger partial charge is 0.367 e. The molecule has 0 radical (unpaired) electrons. The van der Waals surface area contributed by atoms with Crippen LogP contribution in [0.15, 0.2) is 29.3 Å². The maximum absolute atomic E-state index is 12.5. The lowest BCUT2D eigenvalue weighted by Gasteiger charge is -2.37. The number of anilines is 2. The summed E-state index contributed by atoms with van der Waals surface area (Å²) in [5.41, 5.74) is 0.984. The molecule has 0 atom stereocenters. The average Bonchev–Trinajstić information content (AvgIpc) is 2.66. The molecule has 0 aromatic carbocycles. The minimum Gasteiger partial charge on any atom is -0.367 e. The summed E-state index contributed by atoms with van der Waals surface area (Å²) in [6.45, 7) is 1.70. The highest BCUT2D eigenvalue weighted by Gasteiger charge is 2.22. The minimum absolute atomic E-state index is 0.103. The Bertz CT molecular complexity index is 872. The van der Waals surface area contributed by atoms with Crippen molar-refractivity contribution in [2.45, 2.75) is 13.0 Å². The molecule has 2 aromatic rings. The van der Waals surface area contributed by atoms with Gasteiger partial charge in [0.05, 0.1) is 23.8 Å². The highest BCUT2D eigenvalue weighted by atomic mass is 35.5. The van der Waals surface area contributed by atoms with Crippen LogP contribution < -0.4 is 15.4 Å². The molecule has 0 N–H and O–H groups in total. The molecule has 0 saturated carbocycles. The molecule has 1 aliphatic rings. The van der Waals surface area contributed by atoms with Gasteiger partial charge >= 0.3 is 0 Å². The smallest absolute Gasteiger partial charge is 0.287 e. The number of alkyl halides is 2. The van der Waals surface area contributed by atoms with Crippen molar-refractivity contribution in [2.24, 2.45) is 0 Å². The van der Waals surface area contributed by atoms with Gasteiger partial charge in [-0.1, -0.05) is 11.6 Å². The van der Waals surface area contributed by atoms with Gasteiger partial charge in [0.15, 0.2) is 0 Å². The van der Waals surface area contributed by atoms with E-state index >= 15 is 0 Å². The van der Waals surface area contributed by atoms with Gasteiger partial charge in [0.1, 0.15) is 23.3 Å². The fourth-order valence-corrected chi connectivity index (χ4v) is 3.05. The first kappa shape index (κ1) is 18.1. The number of pyridine rings is 1. The molecule has 26 heavy (non-hydrogen) atoms. The number of piperazine rings is 1. The van der Waals surface area contributed by atoms with E-state index in [-0.39, 0.29) is 5.02 Å². The summed E-state index contributed by atoms with van der Waals surface area (Å²) < 4.78 is 25.6. The van der Waals surface area contributed by atoms with E-state index in [0.29, 0.717) is 42.2 Å². The molecule has 0 spiro atoms. The Balaban J connectivity index is 1.70. The number of aromatic nitrogens is 3. The van der Waals surface area contributed by atoms with Crippen LogP contribution in [0.25, 0.3) is 0 Å². The van der Waals surface area contributed by atoms with Gasteiger partial charge in [-0.3, -0.25) is 4.79 Å². The summed E-state index contributed by atoms with van der Waals surface area (Å²) in [4.78, 5) is 20.1. The molecule has 0 aliphatic carbocycles. The van der Waals surface area contributed by atoms with Crippen LogP contribution in [0.5, 0.6) is 0 Å². The van der Waals surface area contributed by atoms with Crippen LogP contribution in [0, 0.1) is 11.3 Å². The predicted molar refractivity (Wildman–Crippen MR) is 92.9 cm³/mol. The van der Waals surface area contributed by atoms with E-state index in [4.69, 9.17) is 16.9 Å².